The first-order valence-electron chi connectivity index (χ1n) is 11.9. The summed E-state index contributed by atoms with van der Waals surface area (Å²) in [5, 5.41) is 0. The number of hydrogen-bond donors (Lipinski definition) is 0. The molecule has 0 N–H and O–H groups in total. The normalized spacial score (nSPS) is 19.4. The predicted octanol–water partition coefficient (Wildman–Crippen LogP) is 2.34. The van der Waals surface area contributed by atoms with Gasteiger partial charge in [0.1, 0.15) is 0 Å². The topological polar surface area (TPSA) is 64.2 Å². The van der Waals surface area contributed by atoms with Crippen LogP contribution in [0.5, 0.6) is 0 Å². The molecule has 172 valence electrons. The van der Waals surface area contributed by atoms with E-state index in [1.165, 1.54) is 30.8 Å². The van der Waals surface area contributed by atoms with E-state index in [9.17, 15) is 14.4 Å². The van der Waals surface area contributed by atoms with Crippen LogP contribution in [-0.4, -0.2) is 89.7 Å². The van der Waals surface area contributed by atoms with Gasteiger partial charge in [0.2, 0.25) is 0 Å². The number of carbonyl (C=O) groups is 3. The zero-order chi connectivity index (χ0) is 22.8. The smallest absolute Gasteiger partial charge is 0.261 e. The van der Waals surface area contributed by atoms with E-state index in [-0.39, 0.29) is 24.3 Å². The highest BCUT2D eigenvalue weighted by atomic mass is 16.2. The van der Waals surface area contributed by atoms with Crippen LogP contribution >= 0.6 is 0 Å². The molecule has 2 aromatic carbocycles. The van der Waals surface area contributed by atoms with Gasteiger partial charge in [-0.25, -0.2) is 0 Å². The van der Waals surface area contributed by atoms with Crippen LogP contribution in [0.3, 0.4) is 0 Å². The second-order valence-electron chi connectivity index (χ2n) is 9.13. The molecular formula is C26H30N4O3. The van der Waals surface area contributed by atoms with Gasteiger partial charge in [0.25, 0.3) is 17.7 Å². The molecule has 5 rings (SSSR count). The molecule has 7 nitrogen and oxygen atoms in total. The first-order valence-corrected chi connectivity index (χ1v) is 11.9. The summed E-state index contributed by atoms with van der Waals surface area (Å²) in [6.45, 7) is 8.03. The molecule has 0 radical (unpaired) electrons. The molecule has 3 aliphatic rings. The molecule has 0 saturated carbocycles. The van der Waals surface area contributed by atoms with E-state index in [0.717, 1.165) is 44.8 Å². The summed E-state index contributed by atoms with van der Waals surface area (Å²) in [5.74, 6) is -0.548. The minimum Gasteiger partial charge on any atom is -0.336 e. The number of carbonyl (C=O) groups excluding carboxylic acids is 3. The fraction of sp³-hybridized carbons (Fsp3) is 0.423. The minimum atomic E-state index is -0.280. The molecule has 0 aliphatic carbocycles. The zero-order valence-electron chi connectivity index (χ0n) is 18.9. The summed E-state index contributed by atoms with van der Waals surface area (Å²) in [4.78, 5) is 46.6. The van der Waals surface area contributed by atoms with Crippen molar-refractivity contribution in [3.63, 3.8) is 0 Å². The number of rotatable bonds is 6. The van der Waals surface area contributed by atoms with Crippen LogP contribution in [0.15, 0.2) is 48.5 Å². The second kappa shape index (κ2) is 9.45. The van der Waals surface area contributed by atoms with Gasteiger partial charge in [-0.05, 0) is 55.8 Å². The lowest BCUT2D eigenvalue weighted by atomic mass is 10.1. The van der Waals surface area contributed by atoms with Crippen molar-refractivity contribution in [1.29, 1.82) is 0 Å². The van der Waals surface area contributed by atoms with Crippen molar-refractivity contribution in [3.8, 4) is 0 Å². The van der Waals surface area contributed by atoms with Gasteiger partial charge < -0.3 is 9.80 Å². The number of benzene rings is 2. The van der Waals surface area contributed by atoms with Gasteiger partial charge in [-0.15, -0.1) is 0 Å². The average Bonchev–Trinajstić information content (AvgIpc) is 3.46. The van der Waals surface area contributed by atoms with Crippen molar-refractivity contribution in [2.75, 3.05) is 52.4 Å². The van der Waals surface area contributed by atoms with Crippen LogP contribution in [0.25, 0.3) is 0 Å². The lowest BCUT2D eigenvalue weighted by Crippen LogP contribution is -2.50. The Kier molecular flexibility index (Phi) is 6.24. The molecule has 0 atom stereocenters. The average molecular weight is 447 g/mol. The van der Waals surface area contributed by atoms with E-state index in [4.69, 9.17) is 0 Å². The van der Waals surface area contributed by atoms with Crippen LogP contribution in [0.4, 0.5) is 0 Å². The van der Waals surface area contributed by atoms with Crippen molar-refractivity contribution in [2.45, 2.75) is 19.4 Å². The fourth-order valence-electron chi connectivity index (χ4n) is 5.01. The quantitative estimate of drug-likeness (QED) is 0.638. The molecule has 0 unspecified atom stereocenters. The lowest BCUT2D eigenvalue weighted by Gasteiger charge is -2.35. The molecule has 0 bridgehead atoms. The molecule has 7 heteroatoms. The van der Waals surface area contributed by atoms with Gasteiger partial charge >= 0.3 is 0 Å². The van der Waals surface area contributed by atoms with Crippen LogP contribution in [0.1, 0.15) is 49.5 Å². The van der Waals surface area contributed by atoms with Gasteiger partial charge in [-0.1, -0.05) is 24.3 Å². The van der Waals surface area contributed by atoms with Gasteiger partial charge in [-0.2, -0.15) is 0 Å². The number of amides is 3. The first kappa shape index (κ1) is 21.8. The number of imide groups is 1. The van der Waals surface area contributed by atoms with Crippen LogP contribution in [-0.2, 0) is 6.54 Å². The molecule has 3 heterocycles. The van der Waals surface area contributed by atoms with Gasteiger partial charge in [0.15, 0.2) is 0 Å². The van der Waals surface area contributed by atoms with E-state index in [0.29, 0.717) is 16.7 Å². The highest BCUT2D eigenvalue weighted by Gasteiger charge is 2.35. The number of fused-ring (bicyclic) bond motifs is 1. The maximum atomic E-state index is 13.1. The summed E-state index contributed by atoms with van der Waals surface area (Å²) >= 11 is 0. The largest absolute Gasteiger partial charge is 0.336 e. The SMILES string of the molecule is O=C(c1cccc(CN2C(=O)c3ccccc3C2=O)c1)N1CCN(CCN2CCCC2)CC1. The van der Waals surface area contributed by atoms with Crippen molar-refractivity contribution >= 4 is 17.7 Å². The molecule has 2 aromatic rings. The molecule has 2 saturated heterocycles. The monoisotopic (exact) mass is 446 g/mol. The lowest BCUT2D eigenvalue weighted by molar-refractivity contribution is 0.0625. The fourth-order valence-corrected chi connectivity index (χ4v) is 5.01. The summed E-state index contributed by atoms with van der Waals surface area (Å²) in [5.41, 5.74) is 2.27. The van der Waals surface area contributed by atoms with E-state index < -0.39 is 0 Å². The number of hydrogen-bond acceptors (Lipinski definition) is 5. The number of nitrogens with zero attached hydrogens (tertiary/aromatic N) is 4. The molecule has 3 aliphatic heterocycles. The van der Waals surface area contributed by atoms with Crippen molar-refractivity contribution in [2.24, 2.45) is 0 Å². The Bertz CT molecular complexity index is 1020. The van der Waals surface area contributed by atoms with Gasteiger partial charge in [-0.3, -0.25) is 24.2 Å². The number of likely N-dealkylation sites (tertiary alicyclic amines) is 1. The second-order valence-corrected chi connectivity index (χ2v) is 9.13. The molecule has 0 spiro atoms. The summed E-state index contributed by atoms with van der Waals surface area (Å²) in [6.07, 6.45) is 2.63. The van der Waals surface area contributed by atoms with E-state index in [1.807, 2.05) is 29.2 Å². The number of piperazine rings is 1. The summed E-state index contributed by atoms with van der Waals surface area (Å²) < 4.78 is 0. The molecular weight excluding hydrogens is 416 g/mol. The Morgan fingerprint density at radius 2 is 1.33 bits per heavy atom. The Morgan fingerprint density at radius 3 is 1.97 bits per heavy atom. The third-order valence-electron chi connectivity index (χ3n) is 6.98. The standard InChI is InChI=1S/C26H30N4O3/c31-24(29-16-14-28(15-17-29)13-12-27-10-3-4-11-27)21-7-5-6-20(18-21)19-30-25(32)22-8-1-2-9-23(22)26(30)33/h1-2,5-9,18H,3-4,10-17,19H2. The molecule has 3 amide bonds. The van der Waals surface area contributed by atoms with Crippen molar-refractivity contribution < 1.29 is 14.4 Å². The maximum absolute atomic E-state index is 13.1. The predicted molar refractivity (Wildman–Crippen MR) is 125 cm³/mol. The molecule has 0 aromatic heterocycles. The summed E-state index contributed by atoms with van der Waals surface area (Å²) in [7, 11) is 0. The summed E-state index contributed by atoms with van der Waals surface area (Å²) in [6, 6.07) is 14.2. The van der Waals surface area contributed by atoms with Gasteiger partial charge in [0.05, 0.1) is 17.7 Å². The Morgan fingerprint density at radius 1 is 0.727 bits per heavy atom. The highest BCUT2D eigenvalue weighted by Crippen LogP contribution is 2.24. The minimum absolute atomic E-state index is 0.0124. The third kappa shape index (κ3) is 4.56. The highest BCUT2D eigenvalue weighted by molar-refractivity contribution is 6.21. The van der Waals surface area contributed by atoms with Crippen molar-refractivity contribution in [3.05, 3.63) is 70.8 Å². The zero-order valence-corrected chi connectivity index (χ0v) is 18.9. The Balaban J connectivity index is 1.18. The third-order valence-corrected chi connectivity index (χ3v) is 6.98. The van der Waals surface area contributed by atoms with Gasteiger partial charge in [0, 0.05) is 44.8 Å². The molecule has 2 fully saturated rings. The van der Waals surface area contributed by atoms with E-state index >= 15 is 0 Å². The van der Waals surface area contributed by atoms with E-state index in [1.54, 1.807) is 24.3 Å². The van der Waals surface area contributed by atoms with Crippen LogP contribution < -0.4 is 0 Å². The molecule has 33 heavy (non-hydrogen) atoms. The van der Waals surface area contributed by atoms with E-state index in [2.05, 4.69) is 9.80 Å². The van der Waals surface area contributed by atoms with Crippen molar-refractivity contribution in [1.82, 2.24) is 19.6 Å². The Hall–Kier alpha value is -3.03. The Labute approximate surface area is 194 Å². The van der Waals surface area contributed by atoms with Crippen LogP contribution in [0.2, 0.25) is 0 Å². The maximum Gasteiger partial charge on any atom is 0.261 e. The van der Waals surface area contributed by atoms with Crippen LogP contribution in [0, 0.1) is 0 Å². The first-order chi connectivity index (χ1) is 16.1.